The third kappa shape index (κ3) is 33.5. The van der Waals surface area contributed by atoms with E-state index in [4.69, 9.17) is 4.74 Å². The highest BCUT2D eigenvalue weighted by Crippen LogP contribution is 2.15. The number of hydrogen-bond acceptors (Lipinski definition) is 5. The molecule has 0 rings (SSSR count). The Morgan fingerprint density at radius 1 is 0.600 bits per heavy atom. The maximum absolute atomic E-state index is 13.0. The molecule has 294 valence electrons. The normalized spacial score (nSPS) is 13.6. The van der Waals surface area contributed by atoms with Crippen molar-refractivity contribution in [1.82, 2.24) is 5.32 Å². The summed E-state index contributed by atoms with van der Waals surface area (Å²) < 4.78 is 5.78. The lowest BCUT2D eigenvalue weighted by Gasteiger charge is -2.23. The molecule has 0 saturated heterocycles. The second-order valence-electron chi connectivity index (χ2n) is 14.8. The molecule has 6 nitrogen and oxygen atoms in total. The summed E-state index contributed by atoms with van der Waals surface area (Å²) in [7, 11) is 0. The van der Waals surface area contributed by atoms with Gasteiger partial charge in [0.25, 0.3) is 0 Å². The second kappa shape index (κ2) is 38.6. The van der Waals surface area contributed by atoms with E-state index < -0.39 is 18.2 Å². The molecule has 0 aliphatic carbocycles. The molecule has 0 aliphatic rings. The van der Waals surface area contributed by atoms with Crippen LogP contribution in [-0.4, -0.2) is 46.9 Å². The molecule has 0 aromatic rings. The van der Waals surface area contributed by atoms with Gasteiger partial charge in [0, 0.05) is 6.42 Å². The van der Waals surface area contributed by atoms with Crippen molar-refractivity contribution in [2.45, 2.75) is 238 Å². The zero-order valence-corrected chi connectivity index (χ0v) is 33.3. The number of hydrogen-bond donors (Lipinski definition) is 3. The lowest BCUT2D eigenvalue weighted by molar-refractivity contribution is -0.148. The molecule has 0 aromatic carbocycles. The minimum Gasteiger partial charge on any atom is -0.458 e. The lowest BCUT2D eigenvalue weighted by Crippen LogP contribution is -2.46. The van der Waals surface area contributed by atoms with Crippen molar-refractivity contribution in [2.24, 2.45) is 0 Å². The Labute approximate surface area is 310 Å². The number of carbonyl (C=O) groups excluding carboxylic acids is 2. The van der Waals surface area contributed by atoms with Crippen LogP contribution in [0.15, 0.2) is 24.3 Å². The number of nitrogens with one attached hydrogen (secondary N) is 1. The van der Waals surface area contributed by atoms with Crippen molar-refractivity contribution in [3.05, 3.63) is 24.3 Å². The number of allylic oxidation sites excluding steroid dienone is 3. The van der Waals surface area contributed by atoms with Crippen LogP contribution in [0.2, 0.25) is 0 Å². The number of esters is 1. The molecular weight excluding hydrogens is 622 g/mol. The number of aliphatic hydroxyl groups excluding tert-OH is 2. The van der Waals surface area contributed by atoms with Gasteiger partial charge in [0.05, 0.1) is 25.2 Å². The lowest BCUT2D eigenvalue weighted by atomic mass is 10.0. The van der Waals surface area contributed by atoms with Crippen LogP contribution in [0.3, 0.4) is 0 Å². The van der Waals surface area contributed by atoms with E-state index in [1.165, 1.54) is 128 Å². The van der Waals surface area contributed by atoms with E-state index in [0.29, 0.717) is 12.8 Å². The molecule has 0 fully saturated rings. The predicted molar refractivity (Wildman–Crippen MR) is 213 cm³/mol. The van der Waals surface area contributed by atoms with Gasteiger partial charge in [0.1, 0.15) is 6.10 Å². The summed E-state index contributed by atoms with van der Waals surface area (Å²) >= 11 is 0. The standard InChI is InChI=1S/C44H83NO5/c1-4-7-10-13-16-19-21-24-26-29-32-35-40(50-44(49)37-34-31-28-25-22-20-17-14-11-8-5-2)38-43(48)45-41(39-46)42(47)36-33-30-27-23-18-15-12-9-6-3/h24,26,32,35,40-42,46-47H,4-23,25,27-31,33-34,36-39H2,1-3H3,(H,45,48)/b26-24-,35-32+. The fourth-order valence-corrected chi connectivity index (χ4v) is 6.45. The monoisotopic (exact) mass is 706 g/mol. The van der Waals surface area contributed by atoms with Crippen LogP contribution in [0.1, 0.15) is 220 Å². The minimum absolute atomic E-state index is 0.0246. The Bertz CT molecular complexity index is 797. The highest BCUT2D eigenvalue weighted by atomic mass is 16.5. The molecule has 0 heterocycles. The average molecular weight is 706 g/mol. The molecule has 0 saturated carbocycles. The number of unbranched alkanes of at least 4 members (excludes halogenated alkanes) is 24. The molecule has 3 unspecified atom stereocenters. The van der Waals surface area contributed by atoms with E-state index in [1.807, 2.05) is 12.2 Å². The van der Waals surface area contributed by atoms with E-state index in [9.17, 15) is 19.8 Å². The Hall–Kier alpha value is -1.66. The summed E-state index contributed by atoms with van der Waals surface area (Å²) in [6.45, 7) is 6.40. The smallest absolute Gasteiger partial charge is 0.306 e. The molecule has 1 amide bonds. The Morgan fingerprint density at radius 3 is 1.56 bits per heavy atom. The van der Waals surface area contributed by atoms with Crippen LogP contribution < -0.4 is 5.32 Å². The van der Waals surface area contributed by atoms with Crippen molar-refractivity contribution < 1.29 is 24.5 Å². The van der Waals surface area contributed by atoms with Gasteiger partial charge in [-0.1, -0.05) is 193 Å². The number of ether oxygens (including phenoxy) is 1. The fourth-order valence-electron chi connectivity index (χ4n) is 6.45. The topological polar surface area (TPSA) is 95.9 Å². The second-order valence-corrected chi connectivity index (χ2v) is 14.8. The molecule has 0 spiro atoms. The maximum atomic E-state index is 13.0. The summed E-state index contributed by atoms with van der Waals surface area (Å²) in [6, 6.07) is -0.724. The Balaban J connectivity index is 4.70. The molecule has 0 aliphatic heterocycles. The predicted octanol–water partition coefficient (Wildman–Crippen LogP) is 12.0. The number of rotatable bonds is 38. The number of carbonyl (C=O) groups is 2. The number of amides is 1. The largest absolute Gasteiger partial charge is 0.458 e. The van der Waals surface area contributed by atoms with Crippen LogP contribution in [0.4, 0.5) is 0 Å². The van der Waals surface area contributed by atoms with Gasteiger partial charge < -0.3 is 20.3 Å². The third-order valence-electron chi connectivity index (χ3n) is 9.78. The first-order valence-electron chi connectivity index (χ1n) is 21.6. The van der Waals surface area contributed by atoms with Crippen molar-refractivity contribution in [3.63, 3.8) is 0 Å². The van der Waals surface area contributed by atoms with Crippen LogP contribution in [-0.2, 0) is 14.3 Å². The van der Waals surface area contributed by atoms with E-state index in [0.717, 1.165) is 51.4 Å². The molecule has 0 radical (unpaired) electrons. The van der Waals surface area contributed by atoms with Crippen molar-refractivity contribution >= 4 is 11.9 Å². The molecule has 3 atom stereocenters. The van der Waals surface area contributed by atoms with Crippen LogP contribution in [0.25, 0.3) is 0 Å². The molecule has 3 N–H and O–H groups in total. The van der Waals surface area contributed by atoms with E-state index in [2.05, 4.69) is 38.2 Å². The summed E-state index contributed by atoms with van der Waals surface area (Å²) in [6.07, 6.45) is 41.3. The van der Waals surface area contributed by atoms with E-state index >= 15 is 0 Å². The van der Waals surface area contributed by atoms with Crippen molar-refractivity contribution in [2.75, 3.05) is 6.61 Å². The Morgan fingerprint density at radius 2 is 1.06 bits per heavy atom. The molecule has 6 heteroatoms. The summed E-state index contributed by atoms with van der Waals surface area (Å²) in [5, 5.41) is 23.4. The highest BCUT2D eigenvalue weighted by molar-refractivity contribution is 5.78. The summed E-state index contributed by atoms with van der Waals surface area (Å²) in [5.74, 6) is -0.600. The van der Waals surface area contributed by atoms with Crippen LogP contribution in [0, 0.1) is 0 Å². The average Bonchev–Trinajstić information content (AvgIpc) is 3.10. The van der Waals surface area contributed by atoms with Gasteiger partial charge in [-0.2, -0.15) is 0 Å². The van der Waals surface area contributed by atoms with Gasteiger partial charge in [0.15, 0.2) is 0 Å². The fraction of sp³-hybridized carbons (Fsp3) is 0.864. The van der Waals surface area contributed by atoms with Crippen molar-refractivity contribution in [3.8, 4) is 0 Å². The first-order valence-corrected chi connectivity index (χ1v) is 21.6. The van der Waals surface area contributed by atoms with Gasteiger partial charge in [-0.05, 0) is 38.2 Å². The van der Waals surface area contributed by atoms with Gasteiger partial charge in [-0.3, -0.25) is 9.59 Å². The van der Waals surface area contributed by atoms with E-state index in [-0.39, 0.29) is 24.9 Å². The number of aliphatic hydroxyl groups is 2. The van der Waals surface area contributed by atoms with E-state index in [1.54, 1.807) is 0 Å². The minimum atomic E-state index is -0.803. The first kappa shape index (κ1) is 48.3. The molecule has 50 heavy (non-hydrogen) atoms. The maximum Gasteiger partial charge on any atom is 0.306 e. The van der Waals surface area contributed by atoms with Gasteiger partial charge in [-0.25, -0.2) is 0 Å². The zero-order chi connectivity index (χ0) is 36.8. The third-order valence-corrected chi connectivity index (χ3v) is 9.78. The van der Waals surface area contributed by atoms with Crippen LogP contribution >= 0.6 is 0 Å². The SMILES string of the molecule is CCCCCCCC/C=C\C/C=C/C(CC(=O)NC(CO)C(O)CCCCCCCCCCC)OC(=O)CCCCCCCCCCCCC. The Kier molecular flexibility index (Phi) is 37.3. The molecule has 0 bridgehead atoms. The first-order chi connectivity index (χ1) is 24.5. The van der Waals surface area contributed by atoms with Crippen LogP contribution in [0.5, 0.6) is 0 Å². The van der Waals surface area contributed by atoms with Gasteiger partial charge >= 0.3 is 5.97 Å². The molecule has 0 aromatic heterocycles. The van der Waals surface area contributed by atoms with Gasteiger partial charge in [0.2, 0.25) is 5.91 Å². The summed E-state index contributed by atoms with van der Waals surface area (Å²) in [4.78, 5) is 25.8. The summed E-state index contributed by atoms with van der Waals surface area (Å²) in [5.41, 5.74) is 0. The zero-order valence-electron chi connectivity index (χ0n) is 33.3. The quantitative estimate of drug-likeness (QED) is 0.0337. The van der Waals surface area contributed by atoms with Gasteiger partial charge in [-0.15, -0.1) is 0 Å². The molecular formula is C44H83NO5. The highest BCUT2D eigenvalue weighted by Gasteiger charge is 2.23. The van der Waals surface area contributed by atoms with Crippen molar-refractivity contribution in [1.29, 1.82) is 0 Å².